The van der Waals surface area contributed by atoms with Crippen molar-refractivity contribution in [2.75, 3.05) is 17.9 Å². The number of hydrogen-bond acceptors (Lipinski definition) is 4. The van der Waals surface area contributed by atoms with Crippen LogP contribution in [0.2, 0.25) is 10.0 Å². The summed E-state index contributed by atoms with van der Waals surface area (Å²) in [6, 6.07) is 19.5. The molecule has 3 rings (SSSR count). The van der Waals surface area contributed by atoms with Crippen molar-refractivity contribution in [3.63, 3.8) is 0 Å². The van der Waals surface area contributed by atoms with Gasteiger partial charge in [-0.2, -0.15) is 0 Å². The van der Waals surface area contributed by atoms with Gasteiger partial charge in [0.05, 0.1) is 11.6 Å². The van der Waals surface area contributed by atoms with Crippen molar-refractivity contribution < 1.29 is 17.9 Å². The van der Waals surface area contributed by atoms with Crippen LogP contribution in [0, 0.1) is 0 Å². The van der Waals surface area contributed by atoms with Crippen molar-refractivity contribution in [3.8, 4) is 5.75 Å². The molecular weight excluding hydrogens is 447 g/mol. The van der Waals surface area contributed by atoms with Crippen molar-refractivity contribution in [2.45, 2.75) is 4.90 Å². The molecular formula is C21H18Cl2N2O4S. The van der Waals surface area contributed by atoms with Gasteiger partial charge in [-0.1, -0.05) is 41.4 Å². The molecule has 0 unspecified atom stereocenters. The Balaban J connectivity index is 1.56. The number of sulfonamides is 1. The SMILES string of the molecule is O=C(NCCOc1ccccc1)c1ccc(NS(=O)(=O)c2cc(Cl)ccc2Cl)cc1. The van der Waals surface area contributed by atoms with E-state index >= 15 is 0 Å². The molecule has 0 spiro atoms. The Morgan fingerprint density at radius 3 is 2.33 bits per heavy atom. The lowest BCUT2D eigenvalue weighted by molar-refractivity contribution is 0.0947. The summed E-state index contributed by atoms with van der Waals surface area (Å²) in [6.07, 6.45) is 0. The average molecular weight is 465 g/mol. The third-order valence-electron chi connectivity index (χ3n) is 3.98. The topological polar surface area (TPSA) is 84.5 Å². The number of hydrogen-bond donors (Lipinski definition) is 2. The molecule has 2 N–H and O–H groups in total. The number of anilines is 1. The molecule has 6 nitrogen and oxygen atoms in total. The van der Waals surface area contributed by atoms with Crippen molar-refractivity contribution in [2.24, 2.45) is 0 Å². The molecule has 3 aromatic rings. The minimum atomic E-state index is -3.93. The summed E-state index contributed by atoms with van der Waals surface area (Å²) in [5.41, 5.74) is 0.674. The van der Waals surface area contributed by atoms with E-state index in [9.17, 15) is 13.2 Å². The van der Waals surface area contributed by atoms with Crippen LogP contribution in [0.1, 0.15) is 10.4 Å². The quantitative estimate of drug-likeness (QED) is 0.476. The van der Waals surface area contributed by atoms with E-state index in [-0.39, 0.29) is 26.5 Å². The van der Waals surface area contributed by atoms with E-state index < -0.39 is 10.0 Å². The van der Waals surface area contributed by atoms with Crippen LogP contribution in [0.5, 0.6) is 5.75 Å². The van der Waals surface area contributed by atoms with Gasteiger partial charge in [-0.15, -0.1) is 0 Å². The van der Waals surface area contributed by atoms with Crippen LogP contribution in [-0.2, 0) is 10.0 Å². The molecule has 0 bridgehead atoms. The predicted molar refractivity (Wildman–Crippen MR) is 118 cm³/mol. The molecule has 0 aliphatic rings. The molecule has 3 aromatic carbocycles. The summed E-state index contributed by atoms with van der Waals surface area (Å²) in [4.78, 5) is 12.1. The van der Waals surface area contributed by atoms with Crippen molar-refractivity contribution in [1.82, 2.24) is 5.32 Å². The number of amides is 1. The summed E-state index contributed by atoms with van der Waals surface area (Å²) in [6.45, 7) is 0.656. The molecule has 30 heavy (non-hydrogen) atoms. The van der Waals surface area contributed by atoms with Gasteiger partial charge >= 0.3 is 0 Å². The predicted octanol–water partition coefficient (Wildman–Crippen LogP) is 4.60. The molecule has 0 radical (unpaired) electrons. The average Bonchev–Trinajstić information content (AvgIpc) is 2.74. The van der Waals surface area contributed by atoms with Gasteiger partial charge in [-0.25, -0.2) is 8.42 Å². The zero-order valence-electron chi connectivity index (χ0n) is 15.6. The Bertz CT molecular complexity index is 1120. The van der Waals surface area contributed by atoms with E-state index in [0.717, 1.165) is 5.75 Å². The van der Waals surface area contributed by atoms with E-state index in [2.05, 4.69) is 10.0 Å². The summed E-state index contributed by atoms with van der Waals surface area (Å²) < 4.78 is 33.0. The van der Waals surface area contributed by atoms with E-state index in [4.69, 9.17) is 27.9 Å². The maximum atomic E-state index is 12.5. The highest BCUT2D eigenvalue weighted by Gasteiger charge is 2.19. The number of carbonyl (C=O) groups excluding carboxylic acids is 1. The number of rotatable bonds is 8. The molecule has 0 saturated heterocycles. The first-order valence-electron chi connectivity index (χ1n) is 8.89. The van der Waals surface area contributed by atoms with Crippen LogP contribution in [0.4, 0.5) is 5.69 Å². The number of benzene rings is 3. The summed E-state index contributed by atoms with van der Waals surface area (Å²) in [5.74, 6) is 0.433. The number of carbonyl (C=O) groups is 1. The minimum Gasteiger partial charge on any atom is -0.492 e. The molecule has 0 aliphatic heterocycles. The largest absolute Gasteiger partial charge is 0.492 e. The molecule has 156 valence electrons. The monoisotopic (exact) mass is 464 g/mol. The van der Waals surface area contributed by atoms with Crippen LogP contribution < -0.4 is 14.8 Å². The molecule has 0 aromatic heterocycles. The molecule has 0 saturated carbocycles. The van der Waals surface area contributed by atoms with Gasteiger partial charge in [0.15, 0.2) is 0 Å². The highest BCUT2D eigenvalue weighted by atomic mass is 35.5. The van der Waals surface area contributed by atoms with Crippen LogP contribution in [-0.4, -0.2) is 27.5 Å². The van der Waals surface area contributed by atoms with Crippen molar-refractivity contribution >= 4 is 44.8 Å². The Kier molecular flexibility index (Phi) is 7.20. The second-order valence-corrected chi connectivity index (χ2v) is 8.67. The summed E-state index contributed by atoms with van der Waals surface area (Å²) >= 11 is 11.8. The number of para-hydroxylation sites is 1. The Morgan fingerprint density at radius 1 is 0.933 bits per heavy atom. The summed E-state index contributed by atoms with van der Waals surface area (Å²) in [7, 11) is -3.93. The number of nitrogens with one attached hydrogen (secondary N) is 2. The fraction of sp³-hybridized carbons (Fsp3) is 0.0952. The van der Waals surface area contributed by atoms with Gasteiger partial charge in [0.25, 0.3) is 15.9 Å². The van der Waals surface area contributed by atoms with Crippen LogP contribution in [0.15, 0.2) is 77.7 Å². The van der Waals surface area contributed by atoms with Crippen molar-refractivity contribution in [3.05, 3.63) is 88.4 Å². The Morgan fingerprint density at radius 2 is 1.63 bits per heavy atom. The summed E-state index contributed by atoms with van der Waals surface area (Å²) in [5, 5.41) is 3.05. The lowest BCUT2D eigenvalue weighted by Crippen LogP contribution is -2.28. The van der Waals surface area contributed by atoms with Gasteiger partial charge in [0.1, 0.15) is 17.3 Å². The number of ether oxygens (including phenoxy) is 1. The van der Waals surface area contributed by atoms with E-state index in [1.165, 1.54) is 42.5 Å². The van der Waals surface area contributed by atoms with E-state index in [1.54, 1.807) is 0 Å². The maximum Gasteiger partial charge on any atom is 0.263 e. The highest BCUT2D eigenvalue weighted by Crippen LogP contribution is 2.27. The highest BCUT2D eigenvalue weighted by molar-refractivity contribution is 7.92. The maximum absolute atomic E-state index is 12.5. The van der Waals surface area contributed by atoms with Crippen LogP contribution >= 0.6 is 23.2 Å². The standard InChI is InChI=1S/C21H18Cl2N2O4S/c22-16-8-11-19(23)20(14-16)30(27,28)25-17-9-6-15(7-10-17)21(26)24-12-13-29-18-4-2-1-3-5-18/h1-11,14,25H,12-13H2,(H,24,26). The van der Waals surface area contributed by atoms with Gasteiger partial charge in [-0.05, 0) is 54.6 Å². The molecule has 1 amide bonds. The number of halogens is 2. The second-order valence-electron chi connectivity index (χ2n) is 6.18. The van der Waals surface area contributed by atoms with E-state index in [1.807, 2.05) is 30.3 Å². The van der Waals surface area contributed by atoms with E-state index in [0.29, 0.717) is 18.7 Å². The molecule has 0 atom stereocenters. The van der Waals surface area contributed by atoms with Crippen LogP contribution in [0.3, 0.4) is 0 Å². The fourth-order valence-electron chi connectivity index (χ4n) is 2.54. The van der Waals surface area contributed by atoms with Gasteiger partial charge in [0.2, 0.25) is 0 Å². The molecule has 0 heterocycles. The zero-order chi connectivity index (χ0) is 21.6. The first-order valence-corrected chi connectivity index (χ1v) is 11.1. The molecule has 0 aliphatic carbocycles. The smallest absolute Gasteiger partial charge is 0.263 e. The Labute approximate surface area is 184 Å². The first kappa shape index (κ1) is 22.0. The zero-order valence-corrected chi connectivity index (χ0v) is 18.0. The van der Waals surface area contributed by atoms with Crippen molar-refractivity contribution in [1.29, 1.82) is 0 Å². The lowest BCUT2D eigenvalue weighted by atomic mass is 10.2. The van der Waals surface area contributed by atoms with Gasteiger partial charge in [-0.3, -0.25) is 9.52 Å². The van der Waals surface area contributed by atoms with Crippen LogP contribution in [0.25, 0.3) is 0 Å². The third-order valence-corrected chi connectivity index (χ3v) is 6.08. The normalized spacial score (nSPS) is 11.0. The molecule has 9 heteroatoms. The third kappa shape index (κ3) is 5.89. The fourth-order valence-corrected chi connectivity index (χ4v) is 4.36. The lowest BCUT2D eigenvalue weighted by Gasteiger charge is -2.11. The molecule has 0 fully saturated rings. The first-order chi connectivity index (χ1) is 14.3. The second kappa shape index (κ2) is 9.84. The Hall–Kier alpha value is -2.74. The van der Waals surface area contributed by atoms with Gasteiger partial charge < -0.3 is 10.1 Å². The minimum absolute atomic E-state index is 0.0561. The van der Waals surface area contributed by atoms with Gasteiger partial charge in [0, 0.05) is 16.3 Å².